The van der Waals surface area contributed by atoms with Gasteiger partial charge in [-0.2, -0.15) is 0 Å². The summed E-state index contributed by atoms with van der Waals surface area (Å²) in [6, 6.07) is 1.86. The number of hydrogen-bond donors (Lipinski definition) is 2. The number of amides is 1. The predicted molar refractivity (Wildman–Crippen MR) is 124 cm³/mol. The zero-order valence-corrected chi connectivity index (χ0v) is 18.9. The quantitative estimate of drug-likeness (QED) is 0.590. The number of nitrogens with zero attached hydrogens (tertiary/aromatic N) is 4. The Balaban J connectivity index is 1.38. The van der Waals surface area contributed by atoms with Gasteiger partial charge in [-0.25, -0.2) is 15.0 Å². The molecule has 1 aliphatic heterocycles. The summed E-state index contributed by atoms with van der Waals surface area (Å²) in [6.07, 6.45) is 9.30. The number of halogens is 1. The van der Waals surface area contributed by atoms with E-state index in [1.165, 1.54) is 0 Å². The van der Waals surface area contributed by atoms with Crippen LogP contribution in [0.15, 0.2) is 24.7 Å². The van der Waals surface area contributed by atoms with Crippen LogP contribution in [0.4, 0.5) is 5.82 Å². The van der Waals surface area contributed by atoms with Crippen LogP contribution in [-0.2, 0) is 16.0 Å². The van der Waals surface area contributed by atoms with Crippen LogP contribution < -0.4 is 5.32 Å². The third-order valence-corrected chi connectivity index (χ3v) is 6.66. The Labute approximate surface area is 191 Å². The largest absolute Gasteiger partial charge is 0.377 e. The second-order valence-electron chi connectivity index (χ2n) is 8.44. The molecule has 1 unspecified atom stereocenters. The molecule has 2 fully saturated rings. The van der Waals surface area contributed by atoms with Crippen LogP contribution in [-0.4, -0.2) is 63.1 Å². The van der Waals surface area contributed by atoms with Crippen molar-refractivity contribution < 1.29 is 9.53 Å². The molecule has 2 aliphatic rings. The first-order valence-electron chi connectivity index (χ1n) is 11.2. The van der Waals surface area contributed by atoms with Crippen molar-refractivity contribution in [2.45, 2.75) is 38.6 Å². The molecular weight excluding hydrogens is 428 g/mol. The molecule has 2 N–H and O–H groups in total. The molecule has 1 aliphatic carbocycles. The van der Waals surface area contributed by atoms with Gasteiger partial charge in [-0.15, -0.1) is 0 Å². The summed E-state index contributed by atoms with van der Waals surface area (Å²) in [7, 11) is 0. The molecule has 3 aromatic heterocycles. The number of ether oxygens (including phenoxy) is 1. The van der Waals surface area contributed by atoms with E-state index in [9.17, 15) is 4.79 Å². The van der Waals surface area contributed by atoms with Gasteiger partial charge >= 0.3 is 0 Å². The van der Waals surface area contributed by atoms with Gasteiger partial charge in [0.2, 0.25) is 5.91 Å². The Bertz CT molecular complexity index is 1130. The number of aryl methyl sites for hydroxylation is 1. The fourth-order valence-corrected chi connectivity index (χ4v) is 4.49. The summed E-state index contributed by atoms with van der Waals surface area (Å²) in [5.74, 6) is 1.84. The van der Waals surface area contributed by atoms with E-state index >= 15 is 0 Å². The zero-order valence-electron chi connectivity index (χ0n) is 18.1. The lowest BCUT2D eigenvalue weighted by molar-refractivity contribution is -0.146. The van der Waals surface area contributed by atoms with Crippen LogP contribution >= 0.6 is 11.6 Å². The first-order chi connectivity index (χ1) is 15.6. The maximum atomic E-state index is 12.9. The first-order valence-corrected chi connectivity index (χ1v) is 11.6. The Kier molecular flexibility index (Phi) is 5.97. The van der Waals surface area contributed by atoms with Crippen molar-refractivity contribution in [3.8, 4) is 11.4 Å². The maximum Gasteiger partial charge on any atom is 0.226 e. The highest BCUT2D eigenvalue weighted by molar-refractivity contribution is 6.31. The van der Waals surface area contributed by atoms with Gasteiger partial charge in [-0.05, 0) is 25.3 Å². The standard InChI is InChI=1S/C23H27ClN6O2/c1-2-14-9-25-22(19-12-28-21-18(19)8-16(24)10-26-21)29-20(14)27-11-17-13-32-7-6-30(17)23(31)15-4-3-5-15/h8-10,12,15,17H,2-7,11,13H2,1H3,(H,26,28)(H,25,27,29). The SMILES string of the molecule is CCc1cnc(-c2c[nH]c3ncc(Cl)cc23)nc1NCC1COCCN1C(=O)C1CCC1. The number of aromatic nitrogens is 4. The van der Waals surface area contributed by atoms with Crippen molar-refractivity contribution in [3.05, 3.63) is 35.2 Å². The predicted octanol–water partition coefficient (Wildman–Crippen LogP) is 3.68. The lowest BCUT2D eigenvalue weighted by Crippen LogP contribution is -2.54. The highest BCUT2D eigenvalue weighted by Crippen LogP contribution is 2.30. The summed E-state index contributed by atoms with van der Waals surface area (Å²) in [5, 5.41) is 4.92. The number of nitrogens with one attached hydrogen (secondary N) is 2. The van der Waals surface area contributed by atoms with Crippen LogP contribution in [0.25, 0.3) is 22.4 Å². The van der Waals surface area contributed by atoms with Crippen molar-refractivity contribution in [3.63, 3.8) is 0 Å². The highest BCUT2D eigenvalue weighted by atomic mass is 35.5. The van der Waals surface area contributed by atoms with E-state index in [0.29, 0.717) is 37.2 Å². The number of morpholine rings is 1. The summed E-state index contributed by atoms with van der Waals surface area (Å²) in [6.45, 7) is 4.46. The fourth-order valence-electron chi connectivity index (χ4n) is 4.33. The summed E-state index contributed by atoms with van der Waals surface area (Å²) < 4.78 is 5.69. The van der Waals surface area contributed by atoms with Crippen LogP contribution in [0.3, 0.4) is 0 Å². The Morgan fingerprint density at radius 2 is 2.22 bits per heavy atom. The van der Waals surface area contributed by atoms with E-state index in [-0.39, 0.29) is 17.9 Å². The van der Waals surface area contributed by atoms with E-state index in [0.717, 1.165) is 53.7 Å². The molecule has 9 heteroatoms. The zero-order chi connectivity index (χ0) is 22.1. The van der Waals surface area contributed by atoms with E-state index in [1.54, 1.807) is 6.20 Å². The van der Waals surface area contributed by atoms with Gasteiger partial charge in [0.15, 0.2) is 5.82 Å². The highest BCUT2D eigenvalue weighted by Gasteiger charge is 2.34. The topological polar surface area (TPSA) is 96.0 Å². The molecule has 1 saturated carbocycles. The summed E-state index contributed by atoms with van der Waals surface area (Å²) in [5.41, 5.74) is 2.62. The number of carbonyl (C=O) groups is 1. The van der Waals surface area contributed by atoms with E-state index in [1.807, 2.05) is 23.4 Å². The molecule has 0 bridgehead atoms. The molecular formula is C23H27ClN6O2. The third-order valence-electron chi connectivity index (χ3n) is 6.45. The van der Waals surface area contributed by atoms with Gasteiger partial charge in [0.05, 0.1) is 24.3 Å². The van der Waals surface area contributed by atoms with Crippen LogP contribution in [0.5, 0.6) is 0 Å². The maximum absolute atomic E-state index is 12.9. The second-order valence-corrected chi connectivity index (χ2v) is 8.88. The lowest BCUT2D eigenvalue weighted by atomic mass is 9.84. The normalized spacial score (nSPS) is 19.2. The molecule has 5 rings (SSSR count). The lowest BCUT2D eigenvalue weighted by Gasteiger charge is -2.39. The molecule has 32 heavy (non-hydrogen) atoms. The molecule has 0 aromatic carbocycles. The Hall–Kier alpha value is -2.71. The molecule has 0 radical (unpaired) electrons. The minimum absolute atomic E-state index is 0.00364. The number of H-pyrrole nitrogens is 1. The monoisotopic (exact) mass is 454 g/mol. The van der Waals surface area contributed by atoms with Crippen LogP contribution in [0, 0.1) is 5.92 Å². The molecule has 1 saturated heterocycles. The second kappa shape index (κ2) is 9.03. The van der Waals surface area contributed by atoms with E-state index in [4.69, 9.17) is 21.3 Å². The van der Waals surface area contributed by atoms with Crippen molar-refractivity contribution >= 4 is 34.4 Å². The number of hydrogen-bond acceptors (Lipinski definition) is 6. The summed E-state index contributed by atoms with van der Waals surface area (Å²) >= 11 is 6.15. The Morgan fingerprint density at radius 3 is 3.00 bits per heavy atom. The number of fused-ring (bicyclic) bond motifs is 1. The van der Waals surface area contributed by atoms with Crippen molar-refractivity contribution in [1.82, 2.24) is 24.8 Å². The molecule has 4 heterocycles. The minimum Gasteiger partial charge on any atom is -0.377 e. The van der Waals surface area contributed by atoms with Gasteiger partial charge in [-0.1, -0.05) is 24.9 Å². The number of pyridine rings is 1. The van der Waals surface area contributed by atoms with E-state index in [2.05, 4.69) is 27.2 Å². The number of aromatic amines is 1. The molecule has 1 atom stereocenters. The van der Waals surface area contributed by atoms with E-state index < -0.39 is 0 Å². The van der Waals surface area contributed by atoms with Crippen molar-refractivity contribution in [1.29, 1.82) is 0 Å². The molecule has 1 amide bonds. The van der Waals surface area contributed by atoms with Gasteiger partial charge in [0, 0.05) is 54.1 Å². The summed E-state index contributed by atoms with van der Waals surface area (Å²) in [4.78, 5) is 31.8. The molecule has 0 spiro atoms. The van der Waals surface area contributed by atoms with Crippen LogP contribution in [0.1, 0.15) is 31.7 Å². The third kappa shape index (κ3) is 4.04. The van der Waals surface area contributed by atoms with Crippen molar-refractivity contribution in [2.24, 2.45) is 5.92 Å². The minimum atomic E-state index is -0.00364. The number of carbonyl (C=O) groups excluding carboxylic acids is 1. The fraction of sp³-hybridized carbons (Fsp3) is 0.478. The first kappa shape index (κ1) is 21.2. The average molecular weight is 455 g/mol. The smallest absolute Gasteiger partial charge is 0.226 e. The van der Waals surface area contributed by atoms with Crippen LogP contribution in [0.2, 0.25) is 5.02 Å². The van der Waals surface area contributed by atoms with Gasteiger partial charge in [-0.3, -0.25) is 4.79 Å². The van der Waals surface area contributed by atoms with Crippen molar-refractivity contribution in [2.75, 3.05) is 31.6 Å². The molecule has 3 aromatic rings. The molecule has 8 nitrogen and oxygen atoms in total. The van der Waals surface area contributed by atoms with Gasteiger partial charge in [0.25, 0.3) is 0 Å². The number of rotatable bonds is 6. The van der Waals surface area contributed by atoms with Gasteiger partial charge < -0.3 is 19.9 Å². The van der Waals surface area contributed by atoms with Gasteiger partial charge in [0.1, 0.15) is 11.5 Å². The molecule has 168 valence electrons. The average Bonchev–Trinajstić information content (AvgIpc) is 3.19. The Morgan fingerprint density at radius 1 is 1.34 bits per heavy atom. The number of anilines is 1.